The summed E-state index contributed by atoms with van der Waals surface area (Å²) in [4.78, 5) is 7.36. The second-order valence-corrected chi connectivity index (χ2v) is 2.81. The van der Waals surface area contributed by atoms with Crippen LogP contribution < -0.4 is 11.5 Å². The zero-order valence-corrected chi connectivity index (χ0v) is 9.55. The van der Waals surface area contributed by atoms with Crippen molar-refractivity contribution >= 4 is 47.2 Å². The zero-order chi connectivity index (χ0) is 10.3. The molecule has 1 aromatic heterocycles. The lowest BCUT2D eigenvalue weighted by Crippen LogP contribution is -1.97. The molecule has 0 spiro atoms. The molecule has 0 unspecified atom stereocenters. The summed E-state index contributed by atoms with van der Waals surface area (Å²) >= 11 is 0. The fraction of sp³-hybridized carbons (Fsp3) is 0. The zero-order valence-electron chi connectivity index (χ0n) is 7.91. The van der Waals surface area contributed by atoms with Crippen LogP contribution in [0, 0.1) is 0 Å². The Morgan fingerprint density at radius 1 is 0.938 bits per heavy atom. The van der Waals surface area contributed by atoms with E-state index < -0.39 is 11.8 Å². The van der Waals surface area contributed by atoms with Gasteiger partial charge in [0, 0.05) is 0 Å². The van der Waals surface area contributed by atoms with E-state index in [2.05, 4.69) is 9.97 Å². The van der Waals surface area contributed by atoms with Crippen LogP contribution in [0.1, 0.15) is 0 Å². The van der Waals surface area contributed by atoms with E-state index in [-0.39, 0.29) is 36.0 Å². The standard InChI is InChI=1S/C8H8N4O2.2ClH/c9-3-1-2-4-6(5(3)10)12-8(14)7(13)11-4;;/h1-2H,9-10H2,(H,11,13)(H,12,14);2*1H. The smallest absolute Gasteiger partial charge is 0.276 e. The summed E-state index contributed by atoms with van der Waals surface area (Å²) in [7, 11) is 0. The van der Waals surface area contributed by atoms with Crippen molar-refractivity contribution in [1.29, 1.82) is 0 Å². The summed E-state index contributed by atoms with van der Waals surface area (Å²) in [6.45, 7) is 0. The third-order valence-corrected chi connectivity index (χ3v) is 1.87. The molecule has 0 saturated carbocycles. The number of rotatable bonds is 0. The van der Waals surface area contributed by atoms with Crippen LogP contribution in [-0.2, 0) is 0 Å². The van der Waals surface area contributed by atoms with Crippen molar-refractivity contribution in [2.75, 3.05) is 11.5 Å². The molecule has 8 heteroatoms. The monoisotopic (exact) mass is 264 g/mol. The van der Waals surface area contributed by atoms with Gasteiger partial charge >= 0.3 is 0 Å². The summed E-state index contributed by atoms with van der Waals surface area (Å²) in [5.41, 5.74) is 12.4. The summed E-state index contributed by atoms with van der Waals surface area (Å²) in [6.07, 6.45) is 0. The van der Waals surface area contributed by atoms with Gasteiger partial charge < -0.3 is 21.7 Å². The quantitative estimate of drug-likeness (QED) is 0.529. The van der Waals surface area contributed by atoms with Crippen molar-refractivity contribution in [1.82, 2.24) is 9.97 Å². The number of hydrogen-bond acceptors (Lipinski definition) is 6. The molecular weight excluding hydrogens is 255 g/mol. The number of hydrogen-bond donors (Lipinski definition) is 4. The van der Waals surface area contributed by atoms with Crippen molar-refractivity contribution in [3.05, 3.63) is 12.1 Å². The van der Waals surface area contributed by atoms with Crippen LogP contribution in [0.4, 0.5) is 11.4 Å². The maximum absolute atomic E-state index is 9.11. The van der Waals surface area contributed by atoms with Crippen molar-refractivity contribution in [3.63, 3.8) is 0 Å². The fourth-order valence-corrected chi connectivity index (χ4v) is 1.14. The maximum atomic E-state index is 9.11. The van der Waals surface area contributed by atoms with Crippen LogP contribution in [0.2, 0.25) is 0 Å². The predicted octanol–water partition coefficient (Wildman–Crippen LogP) is 1.05. The van der Waals surface area contributed by atoms with Crippen molar-refractivity contribution in [2.24, 2.45) is 0 Å². The second-order valence-electron chi connectivity index (χ2n) is 2.81. The van der Waals surface area contributed by atoms with E-state index in [9.17, 15) is 0 Å². The van der Waals surface area contributed by atoms with Gasteiger partial charge in [-0.2, -0.15) is 0 Å². The molecule has 0 aliphatic heterocycles. The molecule has 0 amide bonds. The third kappa shape index (κ3) is 2.12. The van der Waals surface area contributed by atoms with Gasteiger partial charge in [0.15, 0.2) is 0 Å². The highest BCUT2D eigenvalue weighted by Crippen LogP contribution is 2.28. The van der Waals surface area contributed by atoms with Gasteiger partial charge in [0.1, 0.15) is 5.52 Å². The van der Waals surface area contributed by atoms with E-state index in [1.165, 1.54) is 0 Å². The first-order valence-electron chi connectivity index (χ1n) is 3.83. The van der Waals surface area contributed by atoms with Gasteiger partial charge in [-0.3, -0.25) is 0 Å². The molecule has 0 radical (unpaired) electrons. The summed E-state index contributed by atoms with van der Waals surface area (Å²) in [6, 6.07) is 3.12. The molecule has 6 nitrogen and oxygen atoms in total. The van der Waals surface area contributed by atoms with Crippen LogP contribution in [-0.4, -0.2) is 20.2 Å². The van der Waals surface area contributed by atoms with E-state index in [0.29, 0.717) is 11.2 Å². The third-order valence-electron chi connectivity index (χ3n) is 1.87. The molecular formula is C8H10Cl2N4O2. The van der Waals surface area contributed by atoms with Gasteiger partial charge in [-0.25, -0.2) is 9.97 Å². The van der Waals surface area contributed by atoms with Crippen molar-refractivity contribution < 1.29 is 10.2 Å². The highest BCUT2D eigenvalue weighted by atomic mass is 35.5. The van der Waals surface area contributed by atoms with E-state index >= 15 is 0 Å². The molecule has 0 bridgehead atoms. The van der Waals surface area contributed by atoms with Gasteiger partial charge in [0.25, 0.3) is 11.8 Å². The van der Waals surface area contributed by atoms with Crippen molar-refractivity contribution in [3.8, 4) is 11.8 Å². The molecule has 6 N–H and O–H groups in total. The molecule has 1 heterocycles. The van der Waals surface area contributed by atoms with Crippen LogP contribution in [0.5, 0.6) is 11.8 Å². The lowest BCUT2D eigenvalue weighted by Gasteiger charge is -2.04. The van der Waals surface area contributed by atoms with Crippen LogP contribution >= 0.6 is 24.8 Å². The summed E-state index contributed by atoms with van der Waals surface area (Å²) in [5.74, 6) is -1.09. The molecule has 0 fully saturated rings. The normalized spacial score (nSPS) is 9.25. The molecule has 0 aliphatic rings. The lowest BCUT2D eigenvalue weighted by atomic mass is 10.2. The molecule has 0 atom stereocenters. The van der Waals surface area contributed by atoms with Crippen LogP contribution in [0.3, 0.4) is 0 Å². The minimum atomic E-state index is -0.560. The largest absolute Gasteiger partial charge is 0.489 e. The minimum Gasteiger partial charge on any atom is -0.489 e. The second kappa shape index (κ2) is 4.91. The first kappa shape index (κ1) is 14.3. The van der Waals surface area contributed by atoms with E-state index in [1.54, 1.807) is 12.1 Å². The Balaban J connectivity index is 0.00000112. The molecule has 2 rings (SSSR count). The van der Waals surface area contributed by atoms with Crippen LogP contribution in [0.25, 0.3) is 11.0 Å². The molecule has 16 heavy (non-hydrogen) atoms. The number of halogens is 2. The van der Waals surface area contributed by atoms with Gasteiger partial charge in [-0.05, 0) is 12.1 Å². The number of benzene rings is 1. The highest BCUT2D eigenvalue weighted by molar-refractivity contribution is 5.93. The summed E-state index contributed by atoms with van der Waals surface area (Å²) < 4.78 is 0. The number of aromatic nitrogens is 2. The predicted molar refractivity (Wildman–Crippen MR) is 66.2 cm³/mol. The molecule has 2 aromatic rings. The van der Waals surface area contributed by atoms with E-state index in [4.69, 9.17) is 21.7 Å². The van der Waals surface area contributed by atoms with Gasteiger partial charge in [-0.15, -0.1) is 24.8 Å². The number of aromatic hydroxyl groups is 2. The number of nitrogen functional groups attached to an aromatic ring is 2. The van der Waals surface area contributed by atoms with Gasteiger partial charge in [0.2, 0.25) is 0 Å². The van der Waals surface area contributed by atoms with E-state index in [0.717, 1.165) is 0 Å². The topological polar surface area (TPSA) is 118 Å². The Hall–Kier alpha value is -1.66. The molecule has 88 valence electrons. The first-order chi connectivity index (χ1) is 6.59. The Morgan fingerprint density at radius 3 is 2.12 bits per heavy atom. The molecule has 0 aliphatic carbocycles. The fourth-order valence-electron chi connectivity index (χ4n) is 1.14. The maximum Gasteiger partial charge on any atom is 0.276 e. The van der Waals surface area contributed by atoms with E-state index in [1.807, 2.05) is 0 Å². The Kier molecular flexibility index (Phi) is 4.40. The van der Waals surface area contributed by atoms with Gasteiger partial charge in [0.05, 0.1) is 16.9 Å². The Labute approximate surface area is 103 Å². The number of nitrogens with two attached hydrogens (primary N) is 2. The number of anilines is 2. The SMILES string of the molecule is Cl.Cl.Nc1ccc2nc(O)c(O)nc2c1N. The highest BCUT2D eigenvalue weighted by Gasteiger charge is 2.09. The first-order valence-corrected chi connectivity index (χ1v) is 3.83. The van der Waals surface area contributed by atoms with Crippen molar-refractivity contribution in [2.45, 2.75) is 0 Å². The average Bonchev–Trinajstić information content (AvgIpc) is 2.15. The average molecular weight is 265 g/mol. The Morgan fingerprint density at radius 2 is 1.50 bits per heavy atom. The summed E-state index contributed by atoms with van der Waals surface area (Å²) in [5, 5.41) is 18.2. The number of nitrogens with zero attached hydrogens (tertiary/aromatic N) is 2. The minimum absolute atomic E-state index is 0. The lowest BCUT2D eigenvalue weighted by molar-refractivity contribution is 0.378. The van der Waals surface area contributed by atoms with Crippen LogP contribution in [0.15, 0.2) is 12.1 Å². The van der Waals surface area contributed by atoms with Gasteiger partial charge in [-0.1, -0.05) is 0 Å². The molecule has 1 aromatic carbocycles. The molecule has 0 saturated heterocycles. The Bertz CT molecular complexity index is 521. The number of fused-ring (bicyclic) bond motifs is 1.